The minimum atomic E-state index is -1.06. The molecular weight excluding hydrogens is 260 g/mol. The lowest BCUT2D eigenvalue weighted by Gasteiger charge is -2.20. The van der Waals surface area contributed by atoms with Crippen LogP contribution in [0.2, 0.25) is 0 Å². The number of carbonyl (C=O) groups is 2. The third-order valence-corrected chi connectivity index (χ3v) is 3.11. The van der Waals surface area contributed by atoms with Crippen molar-refractivity contribution in [2.75, 3.05) is 26.2 Å². The van der Waals surface area contributed by atoms with Gasteiger partial charge in [0.15, 0.2) is 0 Å². The van der Waals surface area contributed by atoms with E-state index in [1.807, 2.05) is 0 Å². The summed E-state index contributed by atoms with van der Waals surface area (Å²) < 4.78 is 0. The summed E-state index contributed by atoms with van der Waals surface area (Å²) in [4.78, 5) is 28.2. The van der Waals surface area contributed by atoms with E-state index in [9.17, 15) is 9.59 Å². The molecule has 0 aromatic carbocycles. The van der Waals surface area contributed by atoms with Crippen LogP contribution >= 0.6 is 0 Å². The summed E-state index contributed by atoms with van der Waals surface area (Å²) in [6.07, 6.45) is 2.41. The van der Waals surface area contributed by atoms with E-state index >= 15 is 0 Å². The van der Waals surface area contributed by atoms with Crippen LogP contribution < -0.4 is 10.6 Å². The van der Waals surface area contributed by atoms with Gasteiger partial charge in [0.1, 0.15) is 5.69 Å². The van der Waals surface area contributed by atoms with Gasteiger partial charge in [0.2, 0.25) is 0 Å². The minimum Gasteiger partial charge on any atom is -0.477 e. The Kier molecular flexibility index (Phi) is 4.89. The number of hydrogen-bond acceptors (Lipinski definition) is 4. The topological polar surface area (TPSA) is 94.6 Å². The summed E-state index contributed by atoms with van der Waals surface area (Å²) >= 11 is 0. The van der Waals surface area contributed by atoms with E-state index in [4.69, 9.17) is 5.11 Å². The van der Waals surface area contributed by atoms with Crippen LogP contribution in [0, 0.1) is 0 Å². The molecule has 2 heterocycles. The zero-order chi connectivity index (χ0) is 14.4. The molecule has 108 valence electrons. The molecule has 0 radical (unpaired) electrons. The first kappa shape index (κ1) is 14.3. The standard InChI is InChI=1S/C13H18N4O3/c18-12(19)11-3-2-10(8-15-11)9-16-13(20)17-6-1-4-14-5-7-17/h2-3,8,14H,1,4-7,9H2,(H,16,20)(H,18,19). The molecule has 1 aliphatic rings. The van der Waals surface area contributed by atoms with Gasteiger partial charge in [-0.05, 0) is 24.6 Å². The van der Waals surface area contributed by atoms with Gasteiger partial charge in [-0.3, -0.25) is 0 Å². The second-order valence-corrected chi connectivity index (χ2v) is 4.61. The van der Waals surface area contributed by atoms with E-state index in [-0.39, 0.29) is 11.7 Å². The number of nitrogens with zero attached hydrogens (tertiary/aromatic N) is 2. The first-order valence-corrected chi connectivity index (χ1v) is 6.58. The number of carboxylic acids is 1. The highest BCUT2D eigenvalue weighted by Crippen LogP contribution is 2.01. The molecule has 20 heavy (non-hydrogen) atoms. The van der Waals surface area contributed by atoms with Crippen LogP contribution in [0.1, 0.15) is 22.5 Å². The van der Waals surface area contributed by atoms with Crippen molar-refractivity contribution in [3.63, 3.8) is 0 Å². The number of carboxylic acid groups (broad SMARTS) is 1. The monoisotopic (exact) mass is 278 g/mol. The number of nitrogens with one attached hydrogen (secondary N) is 2. The molecule has 1 fully saturated rings. The summed E-state index contributed by atoms with van der Waals surface area (Å²) in [5.41, 5.74) is 0.773. The van der Waals surface area contributed by atoms with Gasteiger partial charge in [-0.1, -0.05) is 6.07 Å². The zero-order valence-electron chi connectivity index (χ0n) is 11.1. The Bertz CT molecular complexity index is 467. The molecule has 1 aromatic rings. The predicted molar refractivity (Wildman–Crippen MR) is 72.5 cm³/mol. The maximum Gasteiger partial charge on any atom is 0.354 e. The lowest BCUT2D eigenvalue weighted by Crippen LogP contribution is -2.41. The van der Waals surface area contributed by atoms with Crippen molar-refractivity contribution < 1.29 is 14.7 Å². The fraction of sp³-hybridized carbons (Fsp3) is 0.462. The molecule has 3 N–H and O–H groups in total. The smallest absolute Gasteiger partial charge is 0.354 e. The fourth-order valence-electron chi connectivity index (χ4n) is 1.99. The number of rotatable bonds is 3. The third-order valence-electron chi connectivity index (χ3n) is 3.11. The van der Waals surface area contributed by atoms with Gasteiger partial charge in [0, 0.05) is 32.4 Å². The maximum atomic E-state index is 12.0. The molecule has 1 aromatic heterocycles. The van der Waals surface area contributed by atoms with Crippen LogP contribution in [0.15, 0.2) is 18.3 Å². The molecule has 1 saturated heterocycles. The van der Waals surface area contributed by atoms with Crippen LogP contribution in [0.4, 0.5) is 4.79 Å². The van der Waals surface area contributed by atoms with Crippen molar-refractivity contribution in [1.29, 1.82) is 0 Å². The lowest BCUT2D eigenvalue weighted by atomic mass is 10.2. The molecule has 7 nitrogen and oxygen atoms in total. The fourth-order valence-corrected chi connectivity index (χ4v) is 1.99. The average molecular weight is 278 g/mol. The first-order chi connectivity index (χ1) is 9.66. The Labute approximate surface area is 117 Å². The molecule has 1 aliphatic heterocycles. The second kappa shape index (κ2) is 6.85. The summed E-state index contributed by atoms with van der Waals surface area (Å²) in [6.45, 7) is 3.53. The largest absolute Gasteiger partial charge is 0.477 e. The third kappa shape index (κ3) is 3.92. The number of amides is 2. The van der Waals surface area contributed by atoms with Crippen molar-refractivity contribution in [3.8, 4) is 0 Å². The van der Waals surface area contributed by atoms with Crippen LogP contribution in [-0.4, -0.2) is 53.2 Å². The molecule has 0 atom stereocenters. The van der Waals surface area contributed by atoms with Crippen molar-refractivity contribution >= 4 is 12.0 Å². The summed E-state index contributed by atoms with van der Waals surface area (Å²) in [6, 6.07) is 2.98. The molecule has 7 heteroatoms. The van der Waals surface area contributed by atoms with Gasteiger partial charge in [0.25, 0.3) is 0 Å². The van der Waals surface area contributed by atoms with Crippen molar-refractivity contribution in [2.24, 2.45) is 0 Å². The van der Waals surface area contributed by atoms with E-state index < -0.39 is 5.97 Å². The van der Waals surface area contributed by atoms with Gasteiger partial charge in [-0.15, -0.1) is 0 Å². The maximum absolute atomic E-state index is 12.0. The predicted octanol–water partition coefficient (Wildman–Crippen LogP) is 0.285. The van der Waals surface area contributed by atoms with E-state index in [1.54, 1.807) is 11.0 Å². The van der Waals surface area contributed by atoms with E-state index in [0.717, 1.165) is 31.6 Å². The summed E-state index contributed by atoms with van der Waals surface area (Å²) in [5, 5.41) is 14.8. The Morgan fingerprint density at radius 2 is 2.20 bits per heavy atom. The van der Waals surface area contributed by atoms with Gasteiger partial charge >= 0.3 is 12.0 Å². The van der Waals surface area contributed by atoms with Crippen LogP contribution in [-0.2, 0) is 6.54 Å². The highest BCUT2D eigenvalue weighted by atomic mass is 16.4. The van der Waals surface area contributed by atoms with Crippen LogP contribution in [0.3, 0.4) is 0 Å². The Hall–Kier alpha value is -2.15. The number of aromatic carboxylic acids is 1. The average Bonchev–Trinajstić information content (AvgIpc) is 2.74. The Balaban J connectivity index is 1.84. The van der Waals surface area contributed by atoms with Gasteiger partial charge in [-0.25, -0.2) is 14.6 Å². The number of aromatic nitrogens is 1. The van der Waals surface area contributed by atoms with Crippen molar-refractivity contribution in [1.82, 2.24) is 20.5 Å². The Morgan fingerprint density at radius 3 is 2.90 bits per heavy atom. The van der Waals surface area contributed by atoms with E-state index in [0.29, 0.717) is 13.1 Å². The van der Waals surface area contributed by atoms with Crippen LogP contribution in [0.25, 0.3) is 0 Å². The summed E-state index contributed by atoms with van der Waals surface area (Å²) in [5.74, 6) is -1.06. The van der Waals surface area contributed by atoms with Crippen molar-refractivity contribution in [2.45, 2.75) is 13.0 Å². The molecule has 0 saturated carbocycles. The van der Waals surface area contributed by atoms with Crippen LogP contribution in [0.5, 0.6) is 0 Å². The van der Waals surface area contributed by atoms with E-state index in [2.05, 4.69) is 15.6 Å². The van der Waals surface area contributed by atoms with Gasteiger partial charge < -0.3 is 20.6 Å². The quantitative estimate of drug-likeness (QED) is 0.738. The normalized spacial score (nSPS) is 15.5. The molecule has 0 aliphatic carbocycles. The molecule has 2 amide bonds. The Morgan fingerprint density at radius 1 is 1.35 bits per heavy atom. The first-order valence-electron chi connectivity index (χ1n) is 6.58. The number of carbonyl (C=O) groups excluding carboxylic acids is 1. The zero-order valence-corrected chi connectivity index (χ0v) is 11.1. The molecule has 2 rings (SSSR count). The highest BCUT2D eigenvalue weighted by Gasteiger charge is 2.14. The minimum absolute atomic E-state index is 0.00123. The number of pyridine rings is 1. The lowest BCUT2D eigenvalue weighted by molar-refractivity contribution is 0.0690. The van der Waals surface area contributed by atoms with Gasteiger partial charge in [0.05, 0.1) is 0 Å². The molecule has 0 unspecified atom stereocenters. The second-order valence-electron chi connectivity index (χ2n) is 4.61. The van der Waals surface area contributed by atoms with Gasteiger partial charge in [-0.2, -0.15) is 0 Å². The highest BCUT2D eigenvalue weighted by molar-refractivity contribution is 5.85. The molecule has 0 spiro atoms. The SMILES string of the molecule is O=C(O)c1ccc(CNC(=O)N2CCCNCC2)cn1. The molecule has 0 bridgehead atoms. The van der Waals surface area contributed by atoms with E-state index in [1.165, 1.54) is 12.3 Å². The van der Waals surface area contributed by atoms with Crippen molar-refractivity contribution in [3.05, 3.63) is 29.6 Å². The molecular formula is C13H18N4O3. The summed E-state index contributed by atoms with van der Waals surface area (Å²) in [7, 11) is 0. The number of urea groups is 1. The number of hydrogen-bond donors (Lipinski definition) is 3.